The molecule has 0 heterocycles. The van der Waals surface area contributed by atoms with E-state index in [0.29, 0.717) is 12.6 Å². The fourth-order valence-electron chi connectivity index (χ4n) is 1.77. The van der Waals surface area contributed by atoms with Gasteiger partial charge in [-0.3, -0.25) is 0 Å². The summed E-state index contributed by atoms with van der Waals surface area (Å²) in [5.74, 6) is 0. The quantitative estimate of drug-likeness (QED) is 0.741. The van der Waals surface area contributed by atoms with Crippen LogP contribution in [0.25, 0.3) is 0 Å². The van der Waals surface area contributed by atoms with Gasteiger partial charge in [0.1, 0.15) is 0 Å². The summed E-state index contributed by atoms with van der Waals surface area (Å²) in [5.41, 5.74) is 8.15. The Labute approximate surface area is 99.2 Å². The van der Waals surface area contributed by atoms with Crippen LogP contribution < -0.4 is 11.1 Å². The van der Waals surface area contributed by atoms with Gasteiger partial charge in [0.2, 0.25) is 0 Å². The summed E-state index contributed by atoms with van der Waals surface area (Å²) in [6, 6.07) is 9.08. The zero-order chi connectivity index (χ0) is 11.8. The molecule has 3 N–H and O–H groups in total. The molecule has 16 heavy (non-hydrogen) atoms. The lowest BCUT2D eigenvalue weighted by Gasteiger charge is -2.13. The van der Waals surface area contributed by atoms with Crippen molar-refractivity contribution in [2.24, 2.45) is 5.73 Å². The molecule has 1 rings (SSSR count). The molecule has 0 saturated heterocycles. The number of hydrogen-bond donors (Lipinski definition) is 2. The molecule has 0 radical (unpaired) electrons. The molecule has 0 spiro atoms. The molecule has 1 aromatic carbocycles. The molecule has 2 heteroatoms. The zero-order valence-corrected chi connectivity index (χ0v) is 10.5. The molecule has 90 valence electrons. The first-order valence-electron chi connectivity index (χ1n) is 6.27. The van der Waals surface area contributed by atoms with E-state index < -0.39 is 0 Å². The van der Waals surface area contributed by atoms with Crippen LogP contribution in [0.3, 0.4) is 0 Å². The Bertz CT molecular complexity index is 297. The highest BCUT2D eigenvalue weighted by Gasteiger charge is 2.01. The fraction of sp³-hybridized carbons (Fsp3) is 0.571. The Morgan fingerprint density at radius 3 is 2.75 bits per heavy atom. The van der Waals surface area contributed by atoms with Crippen LogP contribution in [-0.4, -0.2) is 6.04 Å². The molecule has 0 saturated carbocycles. The van der Waals surface area contributed by atoms with Gasteiger partial charge < -0.3 is 11.1 Å². The second-order valence-electron chi connectivity index (χ2n) is 4.45. The predicted molar refractivity (Wildman–Crippen MR) is 70.2 cm³/mol. The van der Waals surface area contributed by atoms with Crippen LogP contribution in [0.4, 0.5) is 0 Å². The van der Waals surface area contributed by atoms with Gasteiger partial charge in [-0.1, -0.05) is 44.0 Å². The average Bonchev–Trinajstić information content (AvgIpc) is 2.34. The summed E-state index contributed by atoms with van der Waals surface area (Å²) >= 11 is 0. The second kappa shape index (κ2) is 7.42. The van der Waals surface area contributed by atoms with Gasteiger partial charge in [-0.2, -0.15) is 0 Å². The van der Waals surface area contributed by atoms with Gasteiger partial charge in [0, 0.05) is 19.1 Å². The molecule has 0 fully saturated rings. The minimum atomic E-state index is 0.599. The lowest BCUT2D eigenvalue weighted by molar-refractivity contribution is 0.495. The first kappa shape index (κ1) is 13.2. The van der Waals surface area contributed by atoms with Crippen LogP contribution in [-0.2, 0) is 13.1 Å². The lowest BCUT2D eigenvalue weighted by Crippen LogP contribution is -2.25. The van der Waals surface area contributed by atoms with Gasteiger partial charge in [0.25, 0.3) is 0 Å². The van der Waals surface area contributed by atoms with E-state index >= 15 is 0 Å². The molecule has 0 aliphatic heterocycles. The van der Waals surface area contributed by atoms with E-state index in [9.17, 15) is 0 Å². The van der Waals surface area contributed by atoms with Crippen LogP contribution in [0.5, 0.6) is 0 Å². The molecule has 1 aromatic rings. The molecular formula is C14H24N2. The lowest BCUT2D eigenvalue weighted by atomic mass is 10.1. The van der Waals surface area contributed by atoms with Crippen LogP contribution in [0.1, 0.15) is 44.2 Å². The van der Waals surface area contributed by atoms with Gasteiger partial charge in [-0.25, -0.2) is 0 Å². The minimum Gasteiger partial charge on any atom is -0.326 e. The van der Waals surface area contributed by atoms with Crippen molar-refractivity contribution in [1.82, 2.24) is 5.32 Å². The van der Waals surface area contributed by atoms with Gasteiger partial charge in [0.05, 0.1) is 0 Å². The van der Waals surface area contributed by atoms with E-state index in [2.05, 4.69) is 43.4 Å². The normalized spacial score (nSPS) is 12.7. The standard InChI is InChI=1S/C14H24N2/c1-3-4-6-12(2)16-11-14-8-5-7-13(9-14)10-15/h5,7-9,12,16H,3-4,6,10-11,15H2,1-2H3. The van der Waals surface area contributed by atoms with Crippen molar-refractivity contribution >= 4 is 0 Å². The van der Waals surface area contributed by atoms with Gasteiger partial charge in [-0.05, 0) is 24.5 Å². The number of nitrogens with one attached hydrogen (secondary N) is 1. The Kier molecular flexibility index (Phi) is 6.12. The van der Waals surface area contributed by atoms with Crippen molar-refractivity contribution in [1.29, 1.82) is 0 Å². The molecule has 0 aliphatic rings. The van der Waals surface area contributed by atoms with Crippen molar-refractivity contribution in [2.75, 3.05) is 0 Å². The predicted octanol–water partition coefficient (Wildman–Crippen LogP) is 2.81. The summed E-state index contributed by atoms with van der Waals surface area (Å²) in [4.78, 5) is 0. The minimum absolute atomic E-state index is 0.599. The second-order valence-corrected chi connectivity index (χ2v) is 4.45. The summed E-state index contributed by atoms with van der Waals surface area (Å²) in [5, 5.41) is 3.54. The molecule has 1 atom stereocenters. The smallest absolute Gasteiger partial charge is 0.0208 e. The molecule has 0 aromatic heterocycles. The number of rotatable bonds is 7. The zero-order valence-electron chi connectivity index (χ0n) is 10.5. The summed E-state index contributed by atoms with van der Waals surface area (Å²) < 4.78 is 0. The number of unbranched alkanes of at least 4 members (excludes halogenated alkanes) is 1. The third-order valence-corrected chi connectivity index (χ3v) is 2.87. The SMILES string of the molecule is CCCCC(C)NCc1cccc(CN)c1. The maximum atomic E-state index is 5.62. The van der Waals surface area contributed by atoms with Crippen molar-refractivity contribution in [3.05, 3.63) is 35.4 Å². The maximum absolute atomic E-state index is 5.62. The number of benzene rings is 1. The third-order valence-electron chi connectivity index (χ3n) is 2.87. The number of nitrogens with two attached hydrogens (primary N) is 1. The van der Waals surface area contributed by atoms with E-state index in [-0.39, 0.29) is 0 Å². The Morgan fingerprint density at radius 1 is 1.31 bits per heavy atom. The topological polar surface area (TPSA) is 38.0 Å². The van der Waals surface area contributed by atoms with Crippen LogP contribution in [0, 0.1) is 0 Å². The highest BCUT2D eigenvalue weighted by atomic mass is 14.9. The highest BCUT2D eigenvalue weighted by molar-refractivity contribution is 5.23. The van der Waals surface area contributed by atoms with E-state index in [1.54, 1.807) is 0 Å². The largest absolute Gasteiger partial charge is 0.326 e. The van der Waals surface area contributed by atoms with Crippen molar-refractivity contribution < 1.29 is 0 Å². The van der Waals surface area contributed by atoms with Crippen molar-refractivity contribution in [3.63, 3.8) is 0 Å². The fourth-order valence-corrected chi connectivity index (χ4v) is 1.77. The van der Waals surface area contributed by atoms with Gasteiger partial charge in [0.15, 0.2) is 0 Å². The monoisotopic (exact) mass is 220 g/mol. The number of hydrogen-bond acceptors (Lipinski definition) is 2. The highest BCUT2D eigenvalue weighted by Crippen LogP contribution is 2.06. The average molecular weight is 220 g/mol. The molecule has 0 bridgehead atoms. The van der Waals surface area contributed by atoms with Gasteiger partial charge >= 0.3 is 0 Å². The summed E-state index contributed by atoms with van der Waals surface area (Å²) in [6.45, 7) is 6.05. The first-order chi connectivity index (χ1) is 7.76. The molecule has 0 amide bonds. The van der Waals surface area contributed by atoms with Crippen molar-refractivity contribution in [2.45, 2.75) is 52.2 Å². The van der Waals surface area contributed by atoms with E-state index in [1.165, 1.54) is 30.4 Å². The molecule has 1 unspecified atom stereocenters. The first-order valence-corrected chi connectivity index (χ1v) is 6.27. The van der Waals surface area contributed by atoms with E-state index in [4.69, 9.17) is 5.73 Å². The Morgan fingerprint density at radius 2 is 2.06 bits per heavy atom. The van der Waals surface area contributed by atoms with Gasteiger partial charge in [-0.15, -0.1) is 0 Å². The van der Waals surface area contributed by atoms with Crippen LogP contribution in [0.2, 0.25) is 0 Å². The third kappa shape index (κ3) is 4.77. The Hall–Kier alpha value is -0.860. The maximum Gasteiger partial charge on any atom is 0.0208 e. The molecule has 2 nitrogen and oxygen atoms in total. The summed E-state index contributed by atoms with van der Waals surface area (Å²) in [6.07, 6.45) is 3.83. The molecular weight excluding hydrogens is 196 g/mol. The summed E-state index contributed by atoms with van der Waals surface area (Å²) in [7, 11) is 0. The van der Waals surface area contributed by atoms with Crippen LogP contribution >= 0.6 is 0 Å². The van der Waals surface area contributed by atoms with E-state index in [0.717, 1.165) is 6.54 Å². The molecule has 0 aliphatic carbocycles. The Balaban J connectivity index is 2.35. The van der Waals surface area contributed by atoms with Crippen molar-refractivity contribution in [3.8, 4) is 0 Å². The van der Waals surface area contributed by atoms with Crippen LogP contribution in [0.15, 0.2) is 24.3 Å². The van der Waals surface area contributed by atoms with E-state index in [1.807, 2.05) is 0 Å².